The van der Waals surface area contributed by atoms with Crippen molar-refractivity contribution in [2.24, 2.45) is 5.92 Å². The molecule has 0 radical (unpaired) electrons. The molecule has 1 aromatic rings. The van der Waals surface area contributed by atoms with Gasteiger partial charge in [-0.05, 0) is 31.2 Å². The normalized spacial score (nSPS) is 27.4. The number of hydrogen-bond acceptors (Lipinski definition) is 4. The number of nitrogen functional groups attached to an aromatic ring is 1. The van der Waals surface area contributed by atoms with Crippen molar-refractivity contribution >= 4 is 34.8 Å². The van der Waals surface area contributed by atoms with Crippen molar-refractivity contribution in [3.63, 3.8) is 0 Å². The minimum absolute atomic E-state index is 0.267. The molecular formula is C12H15Cl2N3O. The molecule has 1 aromatic heterocycles. The maximum absolute atomic E-state index is 6.12. The van der Waals surface area contributed by atoms with Gasteiger partial charge in [0.15, 0.2) is 0 Å². The zero-order valence-electron chi connectivity index (χ0n) is 9.83. The van der Waals surface area contributed by atoms with Crippen molar-refractivity contribution in [2.45, 2.75) is 31.4 Å². The van der Waals surface area contributed by atoms with Crippen molar-refractivity contribution in [3.05, 3.63) is 16.1 Å². The molecule has 2 atom stereocenters. The quantitative estimate of drug-likeness (QED) is 0.897. The molecule has 2 aliphatic rings. The Kier molecular flexibility index (Phi) is 3.26. The van der Waals surface area contributed by atoms with Crippen LogP contribution in [0.3, 0.4) is 0 Å². The van der Waals surface area contributed by atoms with Crippen molar-refractivity contribution in [1.29, 1.82) is 0 Å². The number of rotatable bonds is 3. The van der Waals surface area contributed by atoms with Crippen LogP contribution in [0.1, 0.15) is 19.3 Å². The fourth-order valence-corrected chi connectivity index (χ4v) is 2.83. The molecule has 4 nitrogen and oxygen atoms in total. The van der Waals surface area contributed by atoms with Crippen LogP contribution >= 0.6 is 23.2 Å². The number of nitrogens with zero attached hydrogens (tertiary/aromatic N) is 1. The first-order valence-corrected chi connectivity index (χ1v) is 6.90. The highest BCUT2D eigenvalue weighted by Gasteiger charge is 2.40. The molecule has 6 heteroatoms. The molecular weight excluding hydrogens is 273 g/mol. The molecule has 2 unspecified atom stereocenters. The lowest BCUT2D eigenvalue weighted by molar-refractivity contribution is 0.0898. The number of hydrogen-bond donors (Lipinski definition) is 2. The van der Waals surface area contributed by atoms with Gasteiger partial charge in [-0.1, -0.05) is 23.2 Å². The van der Waals surface area contributed by atoms with Gasteiger partial charge < -0.3 is 15.8 Å². The van der Waals surface area contributed by atoms with E-state index < -0.39 is 0 Å². The van der Waals surface area contributed by atoms with E-state index in [1.165, 1.54) is 12.8 Å². The number of nitrogens with one attached hydrogen (secondary N) is 1. The van der Waals surface area contributed by atoms with Crippen LogP contribution in [0.5, 0.6) is 0 Å². The number of pyridine rings is 1. The molecule has 2 fully saturated rings. The summed E-state index contributed by atoms with van der Waals surface area (Å²) in [4.78, 5) is 4.20. The van der Waals surface area contributed by atoms with Gasteiger partial charge in [0.05, 0.1) is 22.2 Å². The Morgan fingerprint density at radius 2 is 2.06 bits per heavy atom. The summed E-state index contributed by atoms with van der Waals surface area (Å²) in [5, 5.41) is 4.22. The molecule has 2 heterocycles. The van der Waals surface area contributed by atoms with E-state index in [1.54, 1.807) is 6.07 Å². The van der Waals surface area contributed by atoms with E-state index in [0.29, 0.717) is 27.6 Å². The highest BCUT2D eigenvalue weighted by atomic mass is 35.5. The van der Waals surface area contributed by atoms with Crippen LogP contribution in [0.4, 0.5) is 11.6 Å². The van der Waals surface area contributed by atoms with E-state index >= 15 is 0 Å². The molecule has 0 spiro atoms. The van der Waals surface area contributed by atoms with Gasteiger partial charge in [-0.25, -0.2) is 4.98 Å². The van der Waals surface area contributed by atoms with E-state index in [-0.39, 0.29) is 12.1 Å². The SMILES string of the molecule is Nc1nc(NC2CCOC2C2CC2)c(Cl)cc1Cl. The van der Waals surface area contributed by atoms with Crippen LogP contribution in [0.25, 0.3) is 0 Å². The number of anilines is 2. The minimum Gasteiger partial charge on any atom is -0.382 e. The fraction of sp³-hybridized carbons (Fsp3) is 0.583. The maximum atomic E-state index is 6.12. The Morgan fingerprint density at radius 1 is 1.28 bits per heavy atom. The largest absolute Gasteiger partial charge is 0.382 e. The second-order valence-electron chi connectivity index (χ2n) is 4.90. The Balaban J connectivity index is 1.77. The van der Waals surface area contributed by atoms with Gasteiger partial charge >= 0.3 is 0 Å². The molecule has 0 amide bonds. The minimum atomic E-state index is 0.267. The first-order valence-electron chi connectivity index (χ1n) is 6.15. The molecule has 1 saturated heterocycles. The molecule has 3 N–H and O–H groups in total. The Bertz CT molecular complexity index is 465. The summed E-state index contributed by atoms with van der Waals surface area (Å²) in [6.07, 6.45) is 3.76. The number of ether oxygens (including phenoxy) is 1. The zero-order valence-corrected chi connectivity index (χ0v) is 11.3. The third-order valence-electron chi connectivity index (χ3n) is 3.50. The molecule has 1 aliphatic heterocycles. The Labute approximate surface area is 116 Å². The first kappa shape index (κ1) is 12.3. The summed E-state index contributed by atoms with van der Waals surface area (Å²) < 4.78 is 5.76. The third kappa shape index (κ3) is 2.37. The van der Waals surface area contributed by atoms with Crippen LogP contribution in [0.2, 0.25) is 10.0 Å². The van der Waals surface area contributed by atoms with Crippen LogP contribution < -0.4 is 11.1 Å². The highest BCUT2D eigenvalue weighted by Crippen LogP contribution is 2.40. The summed E-state index contributed by atoms with van der Waals surface area (Å²) >= 11 is 12.0. The predicted molar refractivity (Wildman–Crippen MR) is 73.2 cm³/mol. The van der Waals surface area contributed by atoms with Gasteiger partial charge in [0.1, 0.15) is 11.6 Å². The third-order valence-corrected chi connectivity index (χ3v) is 4.09. The number of halogens is 2. The smallest absolute Gasteiger partial charge is 0.147 e. The van der Waals surface area contributed by atoms with E-state index in [4.69, 9.17) is 33.7 Å². The van der Waals surface area contributed by atoms with E-state index in [0.717, 1.165) is 13.0 Å². The summed E-state index contributed by atoms with van der Waals surface area (Å²) in [6.45, 7) is 0.791. The molecule has 0 aromatic carbocycles. The summed E-state index contributed by atoms with van der Waals surface area (Å²) in [5.41, 5.74) is 5.70. The lowest BCUT2D eigenvalue weighted by Crippen LogP contribution is -2.31. The van der Waals surface area contributed by atoms with E-state index in [2.05, 4.69) is 10.3 Å². The van der Waals surface area contributed by atoms with Gasteiger partial charge in [-0.15, -0.1) is 0 Å². The monoisotopic (exact) mass is 287 g/mol. The summed E-state index contributed by atoms with van der Waals surface area (Å²) in [6, 6.07) is 1.89. The Morgan fingerprint density at radius 3 is 2.78 bits per heavy atom. The fourth-order valence-electron chi connectivity index (χ4n) is 2.41. The average Bonchev–Trinajstić information content (AvgIpc) is 3.07. The van der Waals surface area contributed by atoms with Crippen molar-refractivity contribution < 1.29 is 4.74 Å². The van der Waals surface area contributed by atoms with E-state index in [9.17, 15) is 0 Å². The summed E-state index contributed by atoms with van der Waals surface area (Å²) in [7, 11) is 0. The van der Waals surface area contributed by atoms with Crippen LogP contribution in [-0.4, -0.2) is 23.7 Å². The van der Waals surface area contributed by atoms with Crippen LogP contribution in [-0.2, 0) is 4.74 Å². The van der Waals surface area contributed by atoms with Gasteiger partial charge in [0.25, 0.3) is 0 Å². The van der Waals surface area contributed by atoms with Gasteiger partial charge in [0.2, 0.25) is 0 Å². The van der Waals surface area contributed by atoms with Crippen molar-refractivity contribution in [3.8, 4) is 0 Å². The number of nitrogens with two attached hydrogens (primary N) is 1. The molecule has 18 heavy (non-hydrogen) atoms. The standard InChI is InChI=1S/C12H15Cl2N3O/c13-7-5-8(14)12(17-11(7)15)16-9-3-4-18-10(9)6-1-2-6/h5-6,9-10H,1-4H2,(H3,15,16,17). The lowest BCUT2D eigenvalue weighted by Gasteiger charge is -2.20. The van der Waals surface area contributed by atoms with E-state index in [1.807, 2.05) is 0 Å². The van der Waals surface area contributed by atoms with Crippen LogP contribution in [0.15, 0.2) is 6.07 Å². The maximum Gasteiger partial charge on any atom is 0.147 e. The molecule has 0 bridgehead atoms. The van der Waals surface area contributed by atoms with Gasteiger partial charge in [0, 0.05) is 6.61 Å². The van der Waals surface area contributed by atoms with Crippen molar-refractivity contribution in [1.82, 2.24) is 4.98 Å². The molecule has 98 valence electrons. The zero-order chi connectivity index (χ0) is 12.7. The number of aromatic nitrogens is 1. The van der Waals surface area contributed by atoms with Crippen LogP contribution in [0, 0.1) is 5.92 Å². The lowest BCUT2D eigenvalue weighted by atomic mass is 10.1. The molecule has 3 rings (SSSR count). The predicted octanol–water partition coefficient (Wildman–Crippen LogP) is 2.95. The van der Waals surface area contributed by atoms with Crippen molar-refractivity contribution in [2.75, 3.05) is 17.7 Å². The van der Waals surface area contributed by atoms with Gasteiger partial charge in [-0.2, -0.15) is 0 Å². The molecule has 1 saturated carbocycles. The second-order valence-corrected chi connectivity index (χ2v) is 5.71. The Hall–Kier alpha value is -0.710. The second kappa shape index (κ2) is 4.76. The highest BCUT2D eigenvalue weighted by molar-refractivity contribution is 6.37. The summed E-state index contributed by atoms with van der Waals surface area (Å²) in [5.74, 6) is 1.58. The average molecular weight is 288 g/mol. The molecule has 1 aliphatic carbocycles. The van der Waals surface area contributed by atoms with Gasteiger partial charge in [-0.3, -0.25) is 0 Å². The first-order chi connectivity index (χ1) is 8.65. The topological polar surface area (TPSA) is 60.2 Å².